The summed E-state index contributed by atoms with van der Waals surface area (Å²) in [7, 11) is 0. The van der Waals surface area contributed by atoms with Gasteiger partial charge in [-0.2, -0.15) is 0 Å². The molecule has 1 saturated heterocycles. The number of halogens is 1. The first-order chi connectivity index (χ1) is 12.2. The highest BCUT2D eigenvalue weighted by molar-refractivity contribution is 5.97. The van der Waals surface area contributed by atoms with Crippen LogP contribution in [0.4, 0.5) is 9.18 Å². The predicted molar refractivity (Wildman–Crippen MR) is 94.4 cm³/mol. The number of rotatable bonds is 4. The van der Waals surface area contributed by atoms with Gasteiger partial charge in [-0.1, -0.05) is 0 Å². The molecule has 0 aliphatic carbocycles. The molecule has 0 bridgehead atoms. The second-order valence-electron chi connectivity index (χ2n) is 7.28. The maximum Gasteiger partial charge on any atom is 0.410 e. The summed E-state index contributed by atoms with van der Waals surface area (Å²) >= 11 is 0. The second-order valence-corrected chi connectivity index (χ2v) is 7.28. The third-order valence-corrected chi connectivity index (χ3v) is 4.02. The molecule has 26 heavy (non-hydrogen) atoms. The van der Waals surface area contributed by atoms with Crippen molar-refractivity contribution >= 4 is 17.8 Å². The fraction of sp³-hybridized carbons (Fsp3) is 0.526. The van der Waals surface area contributed by atoms with E-state index in [-0.39, 0.29) is 30.6 Å². The molecular formula is C19H25FN2O4. The Hall–Kier alpha value is -2.44. The van der Waals surface area contributed by atoms with Crippen LogP contribution in [0.1, 0.15) is 44.0 Å². The van der Waals surface area contributed by atoms with Crippen LogP contribution >= 0.6 is 0 Å². The summed E-state index contributed by atoms with van der Waals surface area (Å²) in [6, 6.07) is 5.29. The lowest BCUT2D eigenvalue weighted by Crippen LogP contribution is -2.51. The molecule has 0 aromatic heterocycles. The van der Waals surface area contributed by atoms with Crippen LogP contribution in [0.15, 0.2) is 24.3 Å². The number of carbonyl (C=O) groups is 3. The summed E-state index contributed by atoms with van der Waals surface area (Å²) in [6.07, 6.45) is -0.199. The Kier molecular flexibility index (Phi) is 6.34. The topological polar surface area (TPSA) is 66.9 Å². The van der Waals surface area contributed by atoms with Crippen LogP contribution in [0.2, 0.25) is 0 Å². The standard InChI is InChI=1S/C19H25FN2O4/c1-19(2,3)26-18(25)22-12-10-21(11-13-22)17(24)9-8-16(23)14-4-6-15(20)7-5-14/h4-7H,8-13H2,1-3H3. The third-order valence-electron chi connectivity index (χ3n) is 4.02. The molecule has 1 aliphatic rings. The Bertz CT molecular complexity index is 659. The van der Waals surface area contributed by atoms with Gasteiger partial charge in [0.05, 0.1) is 0 Å². The third kappa shape index (κ3) is 5.82. The minimum Gasteiger partial charge on any atom is -0.444 e. The Labute approximate surface area is 152 Å². The van der Waals surface area contributed by atoms with Crippen LogP contribution in [-0.4, -0.2) is 59.4 Å². The molecule has 142 valence electrons. The number of carbonyl (C=O) groups excluding carboxylic acids is 3. The van der Waals surface area contributed by atoms with E-state index >= 15 is 0 Å². The smallest absolute Gasteiger partial charge is 0.410 e. The van der Waals surface area contributed by atoms with Gasteiger partial charge >= 0.3 is 6.09 Å². The van der Waals surface area contributed by atoms with Crippen molar-refractivity contribution in [2.24, 2.45) is 0 Å². The van der Waals surface area contributed by atoms with E-state index in [0.717, 1.165) is 0 Å². The van der Waals surface area contributed by atoms with Crippen molar-refractivity contribution in [3.8, 4) is 0 Å². The fourth-order valence-electron chi connectivity index (χ4n) is 2.62. The van der Waals surface area contributed by atoms with Crippen molar-refractivity contribution in [2.75, 3.05) is 26.2 Å². The number of ether oxygens (including phenoxy) is 1. The number of Topliss-reactive ketones (excluding diaryl/α,β-unsaturated/α-hetero) is 1. The summed E-state index contributed by atoms with van der Waals surface area (Å²) in [6.45, 7) is 7.08. The summed E-state index contributed by atoms with van der Waals surface area (Å²) in [5.74, 6) is -0.712. The monoisotopic (exact) mass is 364 g/mol. The van der Waals surface area contributed by atoms with Gasteiger partial charge in [-0.05, 0) is 45.0 Å². The first-order valence-corrected chi connectivity index (χ1v) is 8.70. The van der Waals surface area contributed by atoms with Crippen LogP contribution in [0.3, 0.4) is 0 Å². The van der Waals surface area contributed by atoms with Gasteiger partial charge in [-0.25, -0.2) is 9.18 Å². The SMILES string of the molecule is CC(C)(C)OC(=O)N1CCN(C(=O)CCC(=O)c2ccc(F)cc2)CC1. The van der Waals surface area contributed by atoms with Crippen molar-refractivity contribution in [3.05, 3.63) is 35.6 Å². The molecule has 0 unspecified atom stereocenters. The van der Waals surface area contributed by atoms with E-state index in [1.807, 2.05) is 20.8 Å². The lowest BCUT2D eigenvalue weighted by atomic mass is 10.1. The Morgan fingerprint density at radius 3 is 2.04 bits per heavy atom. The van der Waals surface area contributed by atoms with Crippen LogP contribution in [0, 0.1) is 5.82 Å². The number of amides is 2. The van der Waals surface area contributed by atoms with Gasteiger partial charge in [0, 0.05) is 44.6 Å². The van der Waals surface area contributed by atoms with E-state index in [0.29, 0.717) is 31.7 Å². The van der Waals surface area contributed by atoms with E-state index in [4.69, 9.17) is 4.74 Å². The molecule has 0 spiro atoms. The molecule has 0 atom stereocenters. The van der Waals surface area contributed by atoms with Crippen molar-refractivity contribution in [1.29, 1.82) is 0 Å². The van der Waals surface area contributed by atoms with E-state index < -0.39 is 11.4 Å². The number of piperazine rings is 1. The average Bonchev–Trinajstić information content (AvgIpc) is 2.58. The normalized spacial score (nSPS) is 14.9. The fourth-order valence-corrected chi connectivity index (χ4v) is 2.62. The molecular weight excluding hydrogens is 339 g/mol. The maximum absolute atomic E-state index is 12.9. The first kappa shape index (κ1) is 19.9. The first-order valence-electron chi connectivity index (χ1n) is 8.70. The number of ketones is 1. The Morgan fingerprint density at radius 2 is 1.50 bits per heavy atom. The molecule has 1 heterocycles. The highest BCUT2D eigenvalue weighted by atomic mass is 19.1. The summed E-state index contributed by atoms with van der Waals surface area (Å²) in [4.78, 5) is 39.6. The van der Waals surface area contributed by atoms with E-state index in [2.05, 4.69) is 0 Å². The number of hydrogen-bond acceptors (Lipinski definition) is 4. The van der Waals surface area contributed by atoms with Gasteiger partial charge in [-0.15, -0.1) is 0 Å². The van der Waals surface area contributed by atoms with Crippen LogP contribution in [-0.2, 0) is 9.53 Å². The van der Waals surface area contributed by atoms with Crippen molar-refractivity contribution in [2.45, 2.75) is 39.2 Å². The number of hydrogen-bond donors (Lipinski definition) is 0. The van der Waals surface area contributed by atoms with Crippen molar-refractivity contribution < 1.29 is 23.5 Å². The summed E-state index contributed by atoms with van der Waals surface area (Å²) in [5.41, 5.74) is -0.154. The number of nitrogens with zero attached hydrogens (tertiary/aromatic N) is 2. The molecule has 0 radical (unpaired) electrons. The van der Waals surface area contributed by atoms with Gasteiger partial charge in [0.1, 0.15) is 11.4 Å². The lowest BCUT2D eigenvalue weighted by Gasteiger charge is -2.35. The zero-order chi connectivity index (χ0) is 19.3. The second kappa shape index (κ2) is 8.29. The predicted octanol–water partition coefficient (Wildman–Crippen LogP) is 2.87. The zero-order valence-corrected chi connectivity index (χ0v) is 15.5. The number of benzene rings is 1. The van der Waals surface area contributed by atoms with Crippen LogP contribution in [0.25, 0.3) is 0 Å². The molecule has 7 heteroatoms. The van der Waals surface area contributed by atoms with Crippen molar-refractivity contribution in [1.82, 2.24) is 9.80 Å². The minimum atomic E-state index is -0.551. The molecule has 2 amide bonds. The largest absolute Gasteiger partial charge is 0.444 e. The lowest BCUT2D eigenvalue weighted by molar-refractivity contribution is -0.132. The van der Waals surface area contributed by atoms with Crippen LogP contribution < -0.4 is 0 Å². The molecule has 1 aromatic rings. The molecule has 0 saturated carbocycles. The highest BCUT2D eigenvalue weighted by Crippen LogP contribution is 2.13. The quantitative estimate of drug-likeness (QED) is 0.771. The van der Waals surface area contributed by atoms with Gasteiger partial charge in [0.15, 0.2) is 5.78 Å². The Balaban J connectivity index is 1.77. The molecule has 2 rings (SSSR count). The van der Waals surface area contributed by atoms with E-state index in [1.54, 1.807) is 9.80 Å². The molecule has 6 nitrogen and oxygen atoms in total. The summed E-state index contributed by atoms with van der Waals surface area (Å²) in [5, 5.41) is 0. The van der Waals surface area contributed by atoms with Crippen LogP contribution in [0.5, 0.6) is 0 Å². The van der Waals surface area contributed by atoms with Gasteiger partial charge in [-0.3, -0.25) is 9.59 Å². The maximum atomic E-state index is 12.9. The molecule has 1 aromatic carbocycles. The molecule has 1 fully saturated rings. The Morgan fingerprint density at radius 1 is 0.962 bits per heavy atom. The van der Waals surface area contributed by atoms with E-state index in [1.165, 1.54) is 24.3 Å². The zero-order valence-electron chi connectivity index (χ0n) is 15.5. The molecule has 0 N–H and O–H groups in total. The van der Waals surface area contributed by atoms with E-state index in [9.17, 15) is 18.8 Å². The minimum absolute atomic E-state index is 0.0801. The van der Waals surface area contributed by atoms with Gasteiger partial charge in [0.25, 0.3) is 0 Å². The van der Waals surface area contributed by atoms with Crippen molar-refractivity contribution in [3.63, 3.8) is 0 Å². The molecule has 1 aliphatic heterocycles. The summed E-state index contributed by atoms with van der Waals surface area (Å²) < 4.78 is 18.2. The van der Waals surface area contributed by atoms with Gasteiger partial charge < -0.3 is 14.5 Å². The average molecular weight is 364 g/mol. The van der Waals surface area contributed by atoms with Gasteiger partial charge in [0.2, 0.25) is 5.91 Å². The highest BCUT2D eigenvalue weighted by Gasteiger charge is 2.27.